The summed E-state index contributed by atoms with van der Waals surface area (Å²) in [7, 11) is 2.99. The van der Waals surface area contributed by atoms with Crippen LogP contribution in [0.2, 0.25) is 0 Å². The fourth-order valence-electron chi connectivity index (χ4n) is 5.48. The Labute approximate surface area is 199 Å². The molecule has 1 aromatic carbocycles. The number of fused-ring (bicyclic) bond motifs is 2. The first kappa shape index (κ1) is 24.3. The molecule has 3 aliphatic rings. The molecule has 2 bridgehead atoms. The minimum absolute atomic E-state index is 0.0987. The van der Waals surface area contributed by atoms with Crippen LogP contribution in [0.15, 0.2) is 12.1 Å². The standard InChI is InChI=1S/C25H33NO8/c1-15(27)17-7-8-18(30-5)20(31-6)19(17)33-14-16-13-26(11-12-32-16)21(28)25-10-9-24(4,22(29)34-25)23(25,2)3/h7-8,16H,9-14H2,1-6H3/t16?,24-,25+/m0/s1. The first-order valence-electron chi connectivity index (χ1n) is 11.6. The number of Topliss-reactive ketones (excluding diaryl/α,β-unsaturated/α-hetero) is 1. The number of amides is 1. The summed E-state index contributed by atoms with van der Waals surface area (Å²) < 4.78 is 28.4. The smallest absolute Gasteiger partial charge is 0.313 e. The third-order valence-electron chi connectivity index (χ3n) is 8.15. The highest BCUT2D eigenvalue weighted by Crippen LogP contribution is 2.66. The SMILES string of the molecule is COc1ccc(C(C)=O)c(OCC2CN(C(=O)[C@@]34CC[C@@](C)(C(=O)O3)C4(C)C)CCO2)c1OC. The molecule has 34 heavy (non-hydrogen) atoms. The van der Waals surface area contributed by atoms with E-state index >= 15 is 0 Å². The summed E-state index contributed by atoms with van der Waals surface area (Å²) in [6, 6.07) is 3.28. The minimum atomic E-state index is -1.15. The molecule has 0 spiro atoms. The molecule has 2 heterocycles. The number of morpholine rings is 1. The summed E-state index contributed by atoms with van der Waals surface area (Å²) in [5.74, 6) is 0.388. The topological polar surface area (TPSA) is 101 Å². The van der Waals surface area contributed by atoms with Gasteiger partial charge in [-0.3, -0.25) is 14.4 Å². The van der Waals surface area contributed by atoms with Crippen molar-refractivity contribution in [2.75, 3.05) is 40.5 Å². The highest BCUT2D eigenvalue weighted by atomic mass is 16.6. The Morgan fingerprint density at radius 1 is 1.12 bits per heavy atom. The average molecular weight is 476 g/mol. The lowest BCUT2D eigenvalue weighted by Gasteiger charge is -2.41. The molecule has 1 aromatic rings. The predicted octanol–water partition coefficient (Wildman–Crippen LogP) is 2.63. The molecule has 1 saturated carbocycles. The van der Waals surface area contributed by atoms with Crippen molar-refractivity contribution in [2.24, 2.45) is 10.8 Å². The van der Waals surface area contributed by atoms with Crippen molar-refractivity contribution in [3.63, 3.8) is 0 Å². The predicted molar refractivity (Wildman–Crippen MR) is 121 cm³/mol. The number of carbonyl (C=O) groups is 3. The second-order valence-electron chi connectivity index (χ2n) is 9.96. The lowest BCUT2D eigenvalue weighted by atomic mass is 9.66. The number of ether oxygens (including phenoxy) is 5. The van der Waals surface area contributed by atoms with Crippen molar-refractivity contribution in [2.45, 2.75) is 52.2 Å². The van der Waals surface area contributed by atoms with Gasteiger partial charge in [0.05, 0.1) is 38.3 Å². The fraction of sp³-hybridized carbons (Fsp3) is 0.640. The Hall–Kier alpha value is -2.81. The lowest BCUT2D eigenvalue weighted by Crippen LogP contribution is -2.59. The number of hydrogen-bond acceptors (Lipinski definition) is 8. The van der Waals surface area contributed by atoms with Gasteiger partial charge in [-0.25, -0.2) is 0 Å². The van der Waals surface area contributed by atoms with Crippen LogP contribution >= 0.6 is 0 Å². The summed E-state index contributed by atoms with van der Waals surface area (Å²) in [5, 5.41) is 0. The summed E-state index contributed by atoms with van der Waals surface area (Å²) in [6.07, 6.45) is 0.714. The van der Waals surface area contributed by atoms with E-state index in [1.807, 2.05) is 20.8 Å². The van der Waals surface area contributed by atoms with Crippen LogP contribution in [0.25, 0.3) is 0 Å². The molecule has 3 atom stereocenters. The molecule has 0 radical (unpaired) electrons. The van der Waals surface area contributed by atoms with Crippen molar-refractivity contribution in [3.05, 3.63) is 17.7 Å². The molecule has 186 valence electrons. The van der Waals surface area contributed by atoms with Gasteiger partial charge in [0.15, 0.2) is 22.9 Å². The van der Waals surface area contributed by atoms with Gasteiger partial charge < -0.3 is 28.6 Å². The van der Waals surface area contributed by atoms with E-state index in [4.69, 9.17) is 23.7 Å². The lowest BCUT2D eigenvalue weighted by molar-refractivity contribution is -0.178. The van der Waals surface area contributed by atoms with E-state index in [9.17, 15) is 14.4 Å². The van der Waals surface area contributed by atoms with Crippen LogP contribution in [-0.4, -0.2) is 74.8 Å². The van der Waals surface area contributed by atoms with Crippen LogP contribution in [-0.2, 0) is 19.1 Å². The van der Waals surface area contributed by atoms with Gasteiger partial charge in [-0.05, 0) is 38.8 Å². The minimum Gasteiger partial charge on any atom is -0.493 e. The maximum Gasteiger partial charge on any atom is 0.313 e. The maximum absolute atomic E-state index is 13.7. The van der Waals surface area contributed by atoms with Crippen LogP contribution in [0.4, 0.5) is 0 Å². The highest BCUT2D eigenvalue weighted by Gasteiger charge is 2.76. The van der Waals surface area contributed by atoms with E-state index in [1.165, 1.54) is 21.1 Å². The zero-order valence-corrected chi connectivity index (χ0v) is 20.7. The van der Waals surface area contributed by atoms with Crippen LogP contribution in [0.3, 0.4) is 0 Å². The number of carbonyl (C=O) groups excluding carboxylic acids is 3. The van der Waals surface area contributed by atoms with Gasteiger partial charge in [0.2, 0.25) is 5.75 Å². The van der Waals surface area contributed by atoms with Crippen LogP contribution in [0.5, 0.6) is 17.2 Å². The number of benzene rings is 1. The molecule has 4 rings (SSSR count). The van der Waals surface area contributed by atoms with Gasteiger partial charge in [-0.1, -0.05) is 13.8 Å². The molecule has 0 N–H and O–H groups in total. The molecule has 9 nitrogen and oxygen atoms in total. The molecular formula is C25H33NO8. The first-order chi connectivity index (χ1) is 16.0. The van der Waals surface area contributed by atoms with Gasteiger partial charge in [0.1, 0.15) is 12.7 Å². The average Bonchev–Trinajstić information content (AvgIpc) is 3.11. The van der Waals surface area contributed by atoms with Gasteiger partial charge in [0.25, 0.3) is 5.91 Å². The van der Waals surface area contributed by atoms with Gasteiger partial charge in [-0.15, -0.1) is 0 Å². The third kappa shape index (κ3) is 3.35. The number of nitrogens with zero attached hydrogens (tertiary/aromatic N) is 1. The number of esters is 1. The number of rotatable bonds is 7. The number of ketones is 1. The maximum atomic E-state index is 13.7. The van der Waals surface area contributed by atoms with Crippen molar-refractivity contribution in [1.29, 1.82) is 0 Å². The largest absolute Gasteiger partial charge is 0.493 e. The molecular weight excluding hydrogens is 442 g/mol. The Kier molecular flexibility index (Phi) is 6.04. The summed E-state index contributed by atoms with van der Waals surface area (Å²) in [5.41, 5.74) is -2.06. The van der Waals surface area contributed by atoms with Crippen molar-refractivity contribution >= 4 is 17.7 Å². The number of hydrogen-bond donors (Lipinski definition) is 0. The van der Waals surface area contributed by atoms with Crippen molar-refractivity contribution < 1.29 is 38.1 Å². The molecule has 9 heteroatoms. The zero-order chi connectivity index (χ0) is 24.9. The first-order valence-corrected chi connectivity index (χ1v) is 11.6. The second kappa shape index (κ2) is 8.45. The monoisotopic (exact) mass is 475 g/mol. The highest BCUT2D eigenvalue weighted by molar-refractivity contribution is 5.98. The summed E-state index contributed by atoms with van der Waals surface area (Å²) in [4.78, 5) is 40.2. The van der Waals surface area contributed by atoms with E-state index in [2.05, 4.69) is 0 Å². The zero-order valence-electron chi connectivity index (χ0n) is 20.7. The molecule has 2 saturated heterocycles. The quantitative estimate of drug-likeness (QED) is 0.438. The van der Waals surface area contributed by atoms with Gasteiger partial charge in [0, 0.05) is 12.0 Å². The normalized spacial score (nSPS) is 29.5. The van der Waals surface area contributed by atoms with Crippen molar-refractivity contribution in [3.8, 4) is 17.2 Å². The van der Waals surface area contributed by atoms with E-state index in [1.54, 1.807) is 17.0 Å². The van der Waals surface area contributed by atoms with E-state index < -0.39 is 22.5 Å². The Morgan fingerprint density at radius 2 is 1.85 bits per heavy atom. The number of methoxy groups -OCH3 is 2. The van der Waals surface area contributed by atoms with Gasteiger partial charge >= 0.3 is 5.97 Å². The fourth-order valence-corrected chi connectivity index (χ4v) is 5.48. The second-order valence-corrected chi connectivity index (χ2v) is 9.96. The molecule has 1 amide bonds. The Balaban J connectivity index is 1.51. The van der Waals surface area contributed by atoms with Crippen LogP contribution < -0.4 is 14.2 Å². The molecule has 1 aliphatic carbocycles. The van der Waals surface area contributed by atoms with E-state index in [0.717, 1.165) is 0 Å². The van der Waals surface area contributed by atoms with E-state index in [0.29, 0.717) is 43.1 Å². The van der Waals surface area contributed by atoms with Crippen molar-refractivity contribution in [1.82, 2.24) is 4.90 Å². The molecule has 0 aromatic heterocycles. The third-order valence-corrected chi connectivity index (χ3v) is 8.15. The van der Waals surface area contributed by atoms with E-state index in [-0.39, 0.29) is 36.6 Å². The summed E-state index contributed by atoms with van der Waals surface area (Å²) >= 11 is 0. The Morgan fingerprint density at radius 3 is 2.41 bits per heavy atom. The molecule has 1 unspecified atom stereocenters. The van der Waals surface area contributed by atoms with Crippen LogP contribution in [0, 0.1) is 10.8 Å². The molecule has 3 fully saturated rings. The molecule has 2 aliphatic heterocycles. The van der Waals surface area contributed by atoms with Gasteiger partial charge in [-0.2, -0.15) is 0 Å². The van der Waals surface area contributed by atoms with Crippen LogP contribution in [0.1, 0.15) is 50.9 Å². The Bertz CT molecular complexity index is 1020. The summed E-state index contributed by atoms with van der Waals surface area (Å²) in [6.45, 7) is 8.35.